The quantitative estimate of drug-likeness (QED) is 0.852. The first-order chi connectivity index (χ1) is 10.1. The predicted octanol–water partition coefficient (Wildman–Crippen LogP) is 3.74. The van der Waals surface area contributed by atoms with Gasteiger partial charge in [-0.05, 0) is 12.1 Å². The fraction of sp³-hybridized carbons (Fsp3) is 0.200. The van der Waals surface area contributed by atoms with Crippen LogP contribution in [0, 0.1) is 0 Å². The Morgan fingerprint density at radius 3 is 2.00 bits per heavy atom. The van der Waals surface area contributed by atoms with Crippen molar-refractivity contribution in [1.29, 1.82) is 0 Å². The summed E-state index contributed by atoms with van der Waals surface area (Å²) < 4.78 is 21.5. The van der Waals surface area contributed by atoms with E-state index < -0.39 is 0 Å². The van der Waals surface area contributed by atoms with E-state index in [1.54, 1.807) is 30.3 Å². The Kier molecular flexibility index (Phi) is 4.65. The molecule has 0 unspecified atom stereocenters. The minimum Gasteiger partial charge on any atom is -0.493 e. The van der Waals surface area contributed by atoms with Crippen LogP contribution in [-0.2, 0) is 0 Å². The molecular weight excluding hydrogens is 294 g/mol. The molecule has 0 heterocycles. The minimum absolute atomic E-state index is 0.383. The highest BCUT2D eigenvalue weighted by Crippen LogP contribution is 2.43. The smallest absolute Gasteiger partial charge is 0.203 e. The third kappa shape index (κ3) is 3.08. The fourth-order valence-corrected chi connectivity index (χ4v) is 2.09. The van der Waals surface area contributed by atoms with Gasteiger partial charge in [0.05, 0.1) is 32.0 Å². The van der Waals surface area contributed by atoms with Gasteiger partial charge in [-0.15, -0.1) is 0 Å². The van der Waals surface area contributed by atoms with Crippen LogP contribution in [0.4, 0.5) is 5.69 Å². The van der Waals surface area contributed by atoms with Gasteiger partial charge in [-0.3, -0.25) is 0 Å². The number of nitrogen functional groups attached to an aromatic ring is 1. The molecule has 2 aromatic carbocycles. The largest absolute Gasteiger partial charge is 0.493 e. The number of rotatable bonds is 5. The fourth-order valence-electron chi connectivity index (χ4n) is 1.87. The van der Waals surface area contributed by atoms with E-state index in [9.17, 15) is 0 Å². The van der Waals surface area contributed by atoms with Crippen LogP contribution in [0.5, 0.6) is 28.7 Å². The van der Waals surface area contributed by atoms with Gasteiger partial charge in [-0.25, -0.2) is 0 Å². The molecule has 0 aliphatic rings. The van der Waals surface area contributed by atoms with Gasteiger partial charge in [-0.1, -0.05) is 17.7 Å². The van der Waals surface area contributed by atoms with Crippen molar-refractivity contribution in [2.75, 3.05) is 27.1 Å². The number of halogens is 1. The van der Waals surface area contributed by atoms with Gasteiger partial charge in [0.15, 0.2) is 17.2 Å². The lowest BCUT2D eigenvalue weighted by Gasteiger charge is -2.15. The lowest BCUT2D eigenvalue weighted by molar-refractivity contribution is 0.321. The van der Waals surface area contributed by atoms with Crippen LogP contribution in [0.1, 0.15) is 0 Å². The van der Waals surface area contributed by atoms with Crippen LogP contribution >= 0.6 is 11.6 Å². The number of benzene rings is 2. The maximum atomic E-state index is 6.09. The number of nitrogens with two attached hydrogens (primary N) is 1. The monoisotopic (exact) mass is 309 g/mol. The maximum Gasteiger partial charge on any atom is 0.203 e. The Morgan fingerprint density at radius 1 is 0.905 bits per heavy atom. The maximum absolute atomic E-state index is 6.09. The standard InChI is InChI=1S/C15H16ClNO4/c1-18-12-7-9(8-13(19-2)15(12)20-3)21-14-10(16)5-4-6-11(14)17/h4-8H,17H2,1-3H3. The second-order valence-electron chi connectivity index (χ2n) is 4.12. The number of hydrogen-bond acceptors (Lipinski definition) is 5. The molecule has 6 heteroatoms. The SMILES string of the molecule is COc1cc(Oc2c(N)cccc2Cl)cc(OC)c1OC. The van der Waals surface area contributed by atoms with E-state index >= 15 is 0 Å². The topological polar surface area (TPSA) is 62.9 Å². The molecule has 0 aliphatic carbocycles. The van der Waals surface area contributed by atoms with Crippen LogP contribution < -0.4 is 24.7 Å². The van der Waals surface area contributed by atoms with Gasteiger partial charge in [0, 0.05) is 12.1 Å². The number of ether oxygens (including phenoxy) is 4. The van der Waals surface area contributed by atoms with Gasteiger partial charge in [0.1, 0.15) is 5.75 Å². The van der Waals surface area contributed by atoms with Gasteiger partial charge in [-0.2, -0.15) is 0 Å². The second kappa shape index (κ2) is 6.45. The number of hydrogen-bond donors (Lipinski definition) is 1. The molecule has 5 nitrogen and oxygen atoms in total. The van der Waals surface area contributed by atoms with Crippen molar-refractivity contribution >= 4 is 17.3 Å². The summed E-state index contributed by atoms with van der Waals surface area (Å²) in [6.45, 7) is 0. The Labute approximate surface area is 128 Å². The molecule has 112 valence electrons. The van der Waals surface area contributed by atoms with Crippen molar-refractivity contribution in [3.8, 4) is 28.7 Å². The van der Waals surface area contributed by atoms with E-state index in [1.165, 1.54) is 21.3 Å². The zero-order valence-electron chi connectivity index (χ0n) is 12.0. The van der Waals surface area contributed by atoms with E-state index in [1.807, 2.05) is 0 Å². The van der Waals surface area contributed by atoms with Crippen molar-refractivity contribution in [1.82, 2.24) is 0 Å². The Bertz CT molecular complexity index is 600. The summed E-state index contributed by atoms with van der Waals surface area (Å²) in [5, 5.41) is 0.420. The molecule has 2 N–H and O–H groups in total. The summed E-state index contributed by atoms with van der Waals surface area (Å²) in [7, 11) is 4.60. The summed E-state index contributed by atoms with van der Waals surface area (Å²) in [6.07, 6.45) is 0. The van der Waals surface area contributed by atoms with Crippen molar-refractivity contribution < 1.29 is 18.9 Å². The molecule has 0 aromatic heterocycles. The van der Waals surface area contributed by atoms with Crippen LogP contribution in [-0.4, -0.2) is 21.3 Å². The average molecular weight is 310 g/mol. The molecule has 0 aliphatic heterocycles. The third-order valence-electron chi connectivity index (χ3n) is 2.86. The third-order valence-corrected chi connectivity index (χ3v) is 3.15. The van der Waals surface area contributed by atoms with E-state index in [0.29, 0.717) is 39.5 Å². The van der Waals surface area contributed by atoms with E-state index in [0.717, 1.165) is 0 Å². The summed E-state index contributed by atoms with van der Waals surface area (Å²) in [5.41, 5.74) is 6.31. The van der Waals surface area contributed by atoms with Crippen LogP contribution in [0.3, 0.4) is 0 Å². The van der Waals surface area contributed by atoms with Crippen molar-refractivity contribution in [3.63, 3.8) is 0 Å². The van der Waals surface area contributed by atoms with Crippen LogP contribution in [0.25, 0.3) is 0 Å². The molecule has 2 aromatic rings. The summed E-state index contributed by atoms with van der Waals surface area (Å²) in [5.74, 6) is 2.31. The van der Waals surface area contributed by atoms with E-state index in [2.05, 4.69) is 0 Å². The summed E-state index contributed by atoms with van der Waals surface area (Å²) in [6, 6.07) is 8.50. The molecule has 2 rings (SSSR count). The molecule has 0 amide bonds. The zero-order chi connectivity index (χ0) is 15.4. The zero-order valence-corrected chi connectivity index (χ0v) is 12.7. The number of methoxy groups -OCH3 is 3. The van der Waals surface area contributed by atoms with E-state index in [4.69, 9.17) is 36.3 Å². The highest BCUT2D eigenvalue weighted by molar-refractivity contribution is 6.32. The molecule has 0 spiro atoms. The summed E-state index contributed by atoms with van der Waals surface area (Å²) in [4.78, 5) is 0. The molecule has 0 bridgehead atoms. The number of anilines is 1. The first kappa shape index (κ1) is 15.1. The Balaban J connectivity index is 2.45. The predicted molar refractivity (Wildman–Crippen MR) is 82.0 cm³/mol. The Morgan fingerprint density at radius 2 is 1.52 bits per heavy atom. The molecular formula is C15H16ClNO4. The van der Waals surface area contributed by atoms with E-state index in [-0.39, 0.29) is 0 Å². The van der Waals surface area contributed by atoms with Gasteiger partial charge in [0.2, 0.25) is 5.75 Å². The van der Waals surface area contributed by atoms with Crippen LogP contribution in [0.2, 0.25) is 5.02 Å². The highest BCUT2D eigenvalue weighted by Gasteiger charge is 2.15. The first-order valence-corrected chi connectivity index (χ1v) is 6.50. The van der Waals surface area contributed by atoms with Crippen molar-refractivity contribution in [2.45, 2.75) is 0 Å². The normalized spacial score (nSPS) is 10.1. The molecule has 0 saturated carbocycles. The molecule has 21 heavy (non-hydrogen) atoms. The molecule has 0 saturated heterocycles. The van der Waals surface area contributed by atoms with Gasteiger partial charge >= 0.3 is 0 Å². The molecule has 0 radical (unpaired) electrons. The Hall–Kier alpha value is -2.27. The lowest BCUT2D eigenvalue weighted by Crippen LogP contribution is -1.97. The number of para-hydroxylation sites is 1. The second-order valence-corrected chi connectivity index (χ2v) is 4.53. The van der Waals surface area contributed by atoms with Crippen LogP contribution in [0.15, 0.2) is 30.3 Å². The average Bonchev–Trinajstić information content (AvgIpc) is 2.49. The van der Waals surface area contributed by atoms with Gasteiger partial charge in [0.25, 0.3) is 0 Å². The summed E-state index contributed by atoms with van der Waals surface area (Å²) >= 11 is 6.09. The minimum atomic E-state index is 0.383. The molecule has 0 fully saturated rings. The molecule has 0 atom stereocenters. The van der Waals surface area contributed by atoms with Crippen molar-refractivity contribution in [2.24, 2.45) is 0 Å². The van der Waals surface area contributed by atoms with Gasteiger partial charge < -0.3 is 24.7 Å². The highest BCUT2D eigenvalue weighted by atomic mass is 35.5. The van der Waals surface area contributed by atoms with Crippen molar-refractivity contribution in [3.05, 3.63) is 35.4 Å². The lowest BCUT2D eigenvalue weighted by atomic mass is 10.2. The first-order valence-electron chi connectivity index (χ1n) is 6.12.